The molecule has 0 bridgehead atoms. The second-order valence-corrected chi connectivity index (χ2v) is 9.53. The number of aromatic nitrogens is 5. The van der Waals surface area contributed by atoms with Crippen molar-refractivity contribution >= 4 is 43.3 Å². The number of nitrogens with zero attached hydrogens (tertiary/aromatic N) is 5. The predicted molar refractivity (Wildman–Crippen MR) is 107 cm³/mol. The van der Waals surface area contributed by atoms with Crippen molar-refractivity contribution in [1.82, 2.24) is 25.0 Å². The molecule has 4 rings (SSSR count). The Labute approximate surface area is 173 Å². The lowest BCUT2D eigenvalue weighted by Gasteiger charge is -2.23. The SMILES string of the molecule is CCSc1nc(Cl)c2nnn([C@@H]3C[C@H](OCCPO)[C@H]4OC(C)(C)OC34)c2n1. The summed E-state index contributed by atoms with van der Waals surface area (Å²) < 4.78 is 20.1. The second-order valence-electron chi connectivity index (χ2n) is 7.12. The smallest absolute Gasteiger partial charge is 0.191 e. The van der Waals surface area contributed by atoms with Crippen molar-refractivity contribution in [1.29, 1.82) is 0 Å². The second kappa shape index (κ2) is 8.26. The molecular formula is C16H23ClN5O4PS. The predicted octanol–water partition coefficient (Wildman–Crippen LogP) is 2.42. The van der Waals surface area contributed by atoms with E-state index in [2.05, 4.69) is 20.3 Å². The van der Waals surface area contributed by atoms with Crippen LogP contribution in [-0.4, -0.2) is 72.5 Å². The monoisotopic (exact) mass is 447 g/mol. The van der Waals surface area contributed by atoms with Gasteiger partial charge in [-0.1, -0.05) is 35.5 Å². The van der Waals surface area contributed by atoms with Crippen molar-refractivity contribution in [3.63, 3.8) is 0 Å². The fraction of sp³-hybridized carbons (Fsp3) is 0.750. The van der Waals surface area contributed by atoms with Crippen LogP contribution in [0, 0.1) is 0 Å². The van der Waals surface area contributed by atoms with Crippen molar-refractivity contribution in [2.75, 3.05) is 18.5 Å². The van der Waals surface area contributed by atoms with E-state index in [1.807, 2.05) is 20.8 Å². The van der Waals surface area contributed by atoms with Gasteiger partial charge in [0.15, 0.2) is 27.3 Å². The highest BCUT2D eigenvalue weighted by Crippen LogP contribution is 2.45. The molecule has 2 unspecified atom stereocenters. The Morgan fingerprint density at radius 2 is 2.14 bits per heavy atom. The molecule has 0 aromatic carbocycles. The van der Waals surface area contributed by atoms with E-state index in [0.717, 1.165) is 5.75 Å². The average molecular weight is 448 g/mol. The van der Waals surface area contributed by atoms with E-state index >= 15 is 0 Å². The molecule has 2 aromatic rings. The molecule has 2 fully saturated rings. The fourth-order valence-corrected chi connectivity index (χ4v) is 4.79. The first-order valence-corrected chi connectivity index (χ1v) is 11.7. The Hall–Kier alpha value is -0.610. The van der Waals surface area contributed by atoms with Gasteiger partial charge in [0.05, 0.1) is 18.8 Å². The van der Waals surface area contributed by atoms with Gasteiger partial charge >= 0.3 is 0 Å². The zero-order valence-electron chi connectivity index (χ0n) is 15.8. The minimum Gasteiger partial charge on any atom is -0.377 e. The molecule has 9 nitrogen and oxygen atoms in total. The van der Waals surface area contributed by atoms with E-state index in [1.165, 1.54) is 11.8 Å². The van der Waals surface area contributed by atoms with Crippen LogP contribution >= 0.6 is 32.2 Å². The van der Waals surface area contributed by atoms with Gasteiger partial charge in [-0.05, 0) is 19.6 Å². The van der Waals surface area contributed by atoms with Crippen LogP contribution in [0.3, 0.4) is 0 Å². The van der Waals surface area contributed by atoms with E-state index in [1.54, 1.807) is 4.68 Å². The van der Waals surface area contributed by atoms with E-state index in [4.69, 9.17) is 30.7 Å². The summed E-state index contributed by atoms with van der Waals surface area (Å²) in [5, 5.41) is 9.40. The summed E-state index contributed by atoms with van der Waals surface area (Å²) in [5.41, 5.74) is 1.06. The summed E-state index contributed by atoms with van der Waals surface area (Å²) in [4.78, 5) is 18.0. The molecule has 0 radical (unpaired) electrons. The molecule has 0 spiro atoms. The van der Waals surface area contributed by atoms with Gasteiger partial charge in [-0.15, -0.1) is 5.10 Å². The summed E-state index contributed by atoms with van der Waals surface area (Å²) >= 11 is 7.82. The zero-order chi connectivity index (χ0) is 19.9. The third kappa shape index (κ3) is 3.88. The number of rotatable bonds is 7. The third-order valence-corrected chi connectivity index (χ3v) is 6.20. The van der Waals surface area contributed by atoms with Crippen molar-refractivity contribution in [2.24, 2.45) is 0 Å². The first-order chi connectivity index (χ1) is 13.4. The van der Waals surface area contributed by atoms with Crippen molar-refractivity contribution in [3.8, 4) is 0 Å². The fourth-order valence-electron chi connectivity index (χ4n) is 3.76. The van der Waals surface area contributed by atoms with E-state index < -0.39 is 5.79 Å². The van der Waals surface area contributed by atoms with E-state index in [-0.39, 0.29) is 33.2 Å². The van der Waals surface area contributed by atoms with Gasteiger partial charge in [0.1, 0.15) is 12.2 Å². The highest BCUT2D eigenvalue weighted by Gasteiger charge is 2.56. The summed E-state index contributed by atoms with van der Waals surface area (Å²) in [5.74, 6) is 0.130. The standard InChI is InChI=1S/C16H23ClN5O4PS/c1-4-28-15-18-13(17)10-14(19-15)22(21-20-10)8-7-9(24-5-6-27-23)12-11(8)25-16(2,3)26-12/h8-9,11-12,23,27H,4-7H2,1-3H3/t8-,9+,11?,12-/m1/s1. The molecule has 0 amide bonds. The van der Waals surface area contributed by atoms with Gasteiger partial charge in [0.2, 0.25) is 0 Å². The average Bonchev–Trinajstić information content (AvgIpc) is 3.27. The van der Waals surface area contributed by atoms with Crippen LogP contribution < -0.4 is 0 Å². The van der Waals surface area contributed by atoms with Crippen molar-refractivity contribution in [2.45, 2.75) is 62.5 Å². The Bertz CT molecular complexity index is 856. The summed E-state index contributed by atoms with van der Waals surface area (Å²) in [6, 6.07) is -0.149. The third-order valence-electron chi connectivity index (χ3n) is 4.78. The van der Waals surface area contributed by atoms with Gasteiger partial charge in [-0.2, -0.15) is 0 Å². The van der Waals surface area contributed by atoms with Gasteiger partial charge in [0.25, 0.3) is 0 Å². The van der Waals surface area contributed by atoms with Crippen LogP contribution in [0.2, 0.25) is 5.15 Å². The molecular weight excluding hydrogens is 425 g/mol. The van der Waals surface area contributed by atoms with Crippen LogP contribution in [0.25, 0.3) is 11.2 Å². The Balaban J connectivity index is 1.67. The number of thioether (sulfide) groups is 1. The normalized spacial score (nSPS) is 29.3. The Kier molecular flexibility index (Phi) is 6.09. The number of hydrogen-bond acceptors (Lipinski definition) is 9. The van der Waals surface area contributed by atoms with Gasteiger partial charge in [0, 0.05) is 21.4 Å². The van der Waals surface area contributed by atoms with Crippen LogP contribution in [0.5, 0.6) is 0 Å². The summed E-state index contributed by atoms with van der Waals surface area (Å²) in [6.45, 7) is 6.29. The lowest BCUT2D eigenvalue weighted by molar-refractivity contribution is -0.169. The van der Waals surface area contributed by atoms with Gasteiger partial charge in [-0.25, -0.2) is 14.6 Å². The van der Waals surface area contributed by atoms with Gasteiger partial charge in [-0.3, -0.25) is 0 Å². The van der Waals surface area contributed by atoms with Crippen molar-refractivity contribution in [3.05, 3.63) is 5.15 Å². The van der Waals surface area contributed by atoms with Gasteiger partial charge < -0.3 is 19.1 Å². The molecule has 2 aliphatic rings. The number of hydrogen-bond donors (Lipinski definition) is 1. The topological polar surface area (TPSA) is 104 Å². The Morgan fingerprint density at radius 3 is 2.89 bits per heavy atom. The number of halogens is 1. The minimum absolute atomic E-state index is 0.131. The van der Waals surface area contributed by atoms with Crippen LogP contribution in [0.15, 0.2) is 5.16 Å². The molecule has 154 valence electrons. The molecule has 2 aromatic heterocycles. The van der Waals surface area contributed by atoms with Crippen LogP contribution in [0.4, 0.5) is 0 Å². The maximum Gasteiger partial charge on any atom is 0.191 e. The molecule has 1 N–H and O–H groups in total. The maximum absolute atomic E-state index is 9.07. The highest BCUT2D eigenvalue weighted by atomic mass is 35.5. The lowest BCUT2D eigenvalue weighted by Crippen LogP contribution is -2.31. The number of ether oxygens (including phenoxy) is 3. The molecule has 28 heavy (non-hydrogen) atoms. The zero-order valence-corrected chi connectivity index (χ0v) is 18.4. The first kappa shape index (κ1) is 20.7. The maximum atomic E-state index is 9.07. The summed E-state index contributed by atoms with van der Waals surface area (Å²) in [7, 11) is -0.131. The number of fused-ring (bicyclic) bond motifs is 2. The molecule has 12 heteroatoms. The molecule has 5 atom stereocenters. The van der Waals surface area contributed by atoms with Crippen molar-refractivity contribution < 1.29 is 19.1 Å². The van der Waals surface area contributed by atoms with E-state index in [0.29, 0.717) is 40.7 Å². The largest absolute Gasteiger partial charge is 0.377 e. The minimum atomic E-state index is -0.708. The Morgan fingerprint density at radius 1 is 1.36 bits per heavy atom. The molecule has 1 saturated heterocycles. The van der Waals surface area contributed by atoms with E-state index in [9.17, 15) is 0 Å². The van der Waals surface area contributed by atoms with Crippen LogP contribution in [0.1, 0.15) is 33.2 Å². The molecule has 3 heterocycles. The quantitative estimate of drug-likeness (QED) is 0.225. The molecule has 1 aliphatic heterocycles. The first-order valence-electron chi connectivity index (χ1n) is 9.19. The highest BCUT2D eigenvalue weighted by molar-refractivity contribution is 7.99. The van der Waals surface area contributed by atoms with Crippen LogP contribution in [-0.2, 0) is 14.2 Å². The molecule has 1 aliphatic carbocycles. The lowest BCUT2D eigenvalue weighted by atomic mass is 10.2. The molecule has 1 saturated carbocycles. The summed E-state index contributed by atoms with van der Waals surface area (Å²) in [6.07, 6.45) is 0.640.